The molecular formula is C17H30N3OP. The quantitative estimate of drug-likeness (QED) is 0.779. The van der Waals surface area contributed by atoms with Crippen molar-refractivity contribution in [1.29, 1.82) is 0 Å². The molecule has 0 amide bonds. The minimum atomic E-state index is 0.438. The van der Waals surface area contributed by atoms with Crippen molar-refractivity contribution in [3.63, 3.8) is 0 Å². The van der Waals surface area contributed by atoms with E-state index in [1.54, 1.807) is 0 Å². The first-order valence-electron chi connectivity index (χ1n) is 8.91. The van der Waals surface area contributed by atoms with Crippen molar-refractivity contribution < 1.29 is 4.74 Å². The van der Waals surface area contributed by atoms with Crippen molar-refractivity contribution in [3.05, 3.63) is 23.5 Å². The molecule has 124 valence electrons. The predicted molar refractivity (Wildman–Crippen MR) is 93.9 cm³/mol. The van der Waals surface area contributed by atoms with E-state index in [-0.39, 0.29) is 0 Å². The van der Waals surface area contributed by atoms with Gasteiger partial charge in [-0.2, -0.15) is 0 Å². The Balaban J connectivity index is 1.62. The van der Waals surface area contributed by atoms with Gasteiger partial charge in [-0.05, 0) is 41.1 Å². The van der Waals surface area contributed by atoms with Crippen molar-refractivity contribution in [3.8, 4) is 0 Å². The Morgan fingerprint density at radius 2 is 1.91 bits per heavy atom. The molecule has 5 heteroatoms. The normalized spacial score (nSPS) is 27.3. The van der Waals surface area contributed by atoms with Crippen LogP contribution in [0.2, 0.25) is 0 Å². The maximum Gasteiger partial charge on any atom is 0.0903 e. The first-order valence-corrected chi connectivity index (χ1v) is 9.48. The number of rotatable bonds is 4. The van der Waals surface area contributed by atoms with Gasteiger partial charge in [0.2, 0.25) is 0 Å². The van der Waals surface area contributed by atoms with Crippen molar-refractivity contribution in [2.45, 2.75) is 69.9 Å². The van der Waals surface area contributed by atoms with Crippen LogP contribution in [0.1, 0.15) is 57.8 Å². The van der Waals surface area contributed by atoms with Gasteiger partial charge in [0, 0.05) is 6.54 Å². The summed E-state index contributed by atoms with van der Waals surface area (Å²) in [6, 6.07) is 0.479. The second kappa shape index (κ2) is 8.33. The lowest BCUT2D eigenvalue weighted by Gasteiger charge is -2.41. The molecule has 0 spiro atoms. The van der Waals surface area contributed by atoms with Crippen molar-refractivity contribution >= 4 is 9.39 Å². The Labute approximate surface area is 137 Å². The fraction of sp³-hybridized carbons (Fsp3) is 0.765. The van der Waals surface area contributed by atoms with Crippen LogP contribution in [0, 0.1) is 0 Å². The fourth-order valence-corrected chi connectivity index (χ4v) is 3.99. The highest BCUT2D eigenvalue weighted by molar-refractivity contribution is 7.14. The zero-order valence-corrected chi connectivity index (χ0v) is 14.7. The van der Waals surface area contributed by atoms with E-state index in [0.717, 1.165) is 12.2 Å². The molecular weight excluding hydrogens is 293 g/mol. The van der Waals surface area contributed by atoms with Gasteiger partial charge in [0.25, 0.3) is 0 Å². The van der Waals surface area contributed by atoms with Crippen LogP contribution in [0.5, 0.6) is 0 Å². The highest BCUT2D eigenvalue weighted by atomic mass is 31.0. The summed E-state index contributed by atoms with van der Waals surface area (Å²) in [5.74, 6) is 0. The third kappa shape index (κ3) is 4.04. The van der Waals surface area contributed by atoms with E-state index < -0.39 is 0 Å². The molecule has 1 aliphatic carbocycles. The third-order valence-corrected chi connectivity index (χ3v) is 5.35. The van der Waals surface area contributed by atoms with Crippen molar-refractivity contribution in [1.82, 2.24) is 15.5 Å². The zero-order chi connectivity index (χ0) is 15.2. The number of nitrogens with zero attached hydrogens (tertiary/aromatic N) is 1. The second-order valence-electron chi connectivity index (χ2n) is 6.63. The smallest absolute Gasteiger partial charge is 0.0903 e. The van der Waals surface area contributed by atoms with Crippen LogP contribution in [0.3, 0.4) is 0 Å². The van der Waals surface area contributed by atoms with E-state index in [2.05, 4.69) is 37.1 Å². The molecule has 3 rings (SSSR count). The average molecular weight is 323 g/mol. The molecule has 2 fully saturated rings. The van der Waals surface area contributed by atoms with E-state index in [1.165, 1.54) is 63.5 Å². The van der Waals surface area contributed by atoms with Crippen LogP contribution in [0.4, 0.5) is 0 Å². The summed E-state index contributed by atoms with van der Waals surface area (Å²) in [7, 11) is 2.62. The lowest BCUT2D eigenvalue weighted by atomic mass is 9.98. The Kier molecular flexibility index (Phi) is 6.17. The molecule has 3 aliphatic rings. The van der Waals surface area contributed by atoms with Gasteiger partial charge < -0.3 is 14.8 Å². The Morgan fingerprint density at radius 3 is 2.68 bits per heavy atom. The summed E-state index contributed by atoms with van der Waals surface area (Å²) in [5.41, 5.74) is 5.95. The topological polar surface area (TPSA) is 36.5 Å². The number of allylic oxidation sites excluding steroid dienone is 1. The molecule has 0 aromatic carbocycles. The SMILES string of the molecule is PNC1=C(COC2CCCCCCC2)N2NCCCC2C=C1. The van der Waals surface area contributed by atoms with E-state index in [9.17, 15) is 0 Å². The van der Waals surface area contributed by atoms with Gasteiger partial charge in [0.15, 0.2) is 0 Å². The minimum Gasteiger partial charge on any atom is -0.372 e. The highest BCUT2D eigenvalue weighted by Crippen LogP contribution is 2.26. The molecule has 0 bridgehead atoms. The van der Waals surface area contributed by atoms with Crippen LogP contribution >= 0.6 is 9.39 Å². The molecule has 0 aromatic rings. The molecule has 2 heterocycles. The van der Waals surface area contributed by atoms with Gasteiger partial charge in [-0.1, -0.05) is 38.2 Å². The highest BCUT2D eigenvalue weighted by Gasteiger charge is 2.27. The van der Waals surface area contributed by atoms with Gasteiger partial charge in [0.1, 0.15) is 0 Å². The summed E-state index contributed by atoms with van der Waals surface area (Å²) < 4.78 is 6.32. The van der Waals surface area contributed by atoms with Gasteiger partial charge in [-0.15, -0.1) is 0 Å². The van der Waals surface area contributed by atoms with Gasteiger partial charge in [-0.3, -0.25) is 0 Å². The predicted octanol–water partition coefficient (Wildman–Crippen LogP) is 3.25. The lowest BCUT2D eigenvalue weighted by Crippen LogP contribution is -2.51. The third-order valence-electron chi connectivity index (χ3n) is 5.04. The lowest BCUT2D eigenvalue weighted by molar-refractivity contribution is 0.0255. The van der Waals surface area contributed by atoms with E-state index in [0.29, 0.717) is 18.8 Å². The Bertz CT molecular complexity index is 416. The van der Waals surface area contributed by atoms with Crippen molar-refractivity contribution in [2.24, 2.45) is 0 Å². The molecule has 2 atom stereocenters. The van der Waals surface area contributed by atoms with Crippen LogP contribution in [0.25, 0.3) is 0 Å². The van der Waals surface area contributed by atoms with Crippen molar-refractivity contribution in [2.75, 3.05) is 13.2 Å². The number of hydrogen-bond donors (Lipinski definition) is 2. The molecule has 2 N–H and O–H groups in total. The summed E-state index contributed by atoms with van der Waals surface area (Å²) in [4.78, 5) is 0. The van der Waals surface area contributed by atoms with E-state index in [1.807, 2.05) is 0 Å². The Morgan fingerprint density at radius 1 is 1.14 bits per heavy atom. The molecule has 0 aromatic heterocycles. The van der Waals surface area contributed by atoms with Crippen LogP contribution in [-0.4, -0.2) is 30.3 Å². The largest absolute Gasteiger partial charge is 0.372 e. The maximum atomic E-state index is 6.32. The molecule has 4 nitrogen and oxygen atoms in total. The first-order chi connectivity index (χ1) is 10.9. The van der Waals surface area contributed by atoms with Gasteiger partial charge in [0.05, 0.1) is 30.1 Å². The van der Waals surface area contributed by atoms with Gasteiger partial charge >= 0.3 is 0 Å². The standard InChI is InChI=1S/C17H30N3OP/c22-19-16-11-10-14-7-6-12-18-20(14)17(16)13-21-15-8-4-2-1-3-5-9-15/h10-11,14-15,18-19H,1-9,12-13,22H2. The number of hydrazine groups is 1. The number of fused-ring (bicyclic) bond motifs is 1. The first kappa shape index (κ1) is 16.3. The second-order valence-corrected chi connectivity index (χ2v) is 6.92. The van der Waals surface area contributed by atoms with Crippen LogP contribution in [-0.2, 0) is 4.74 Å². The zero-order valence-electron chi connectivity index (χ0n) is 13.5. The monoisotopic (exact) mass is 323 g/mol. The summed E-state index contributed by atoms with van der Waals surface area (Å²) in [6.07, 6.45) is 16.6. The summed E-state index contributed by atoms with van der Waals surface area (Å²) in [5, 5.41) is 5.56. The molecule has 1 saturated heterocycles. The molecule has 22 heavy (non-hydrogen) atoms. The van der Waals surface area contributed by atoms with Gasteiger partial charge in [-0.25, -0.2) is 5.43 Å². The van der Waals surface area contributed by atoms with Crippen LogP contribution < -0.4 is 10.5 Å². The molecule has 0 radical (unpaired) electrons. The molecule has 1 saturated carbocycles. The number of hydrogen-bond acceptors (Lipinski definition) is 4. The molecule has 2 unspecified atom stereocenters. The fourth-order valence-electron chi connectivity index (χ4n) is 3.73. The minimum absolute atomic E-state index is 0.438. The Hall–Kier alpha value is -0.570. The van der Waals surface area contributed by atoms with E-state index >= 15 is 0 Å². The van der Waals surface area contributed by atoms with Crippen LogP contribution in [0.15, 0.2) is 23.5 Å². The maximum absolute atomic E-state index is 6.32. The number of ether oxygens (including phenoxy) is 1. The summed E-state index contributed by atoms with van der Waals surface area (Å²) in [6.45, 7) is 1.76. The molecule has 2 aliphatic heterocycles. The number of nitrogens with one attached hydrogen (secondary N) is 2. The van der Waals surface area contributed by atoms with E-state index in [4.69, 9.17) is 4.74 Å². The summed E-state index contributed by atoms with van der Waals surface area (Å²) >= 11 is 0. The average Bonchev–Trinajstić information content (AvgIpc) is 2.53.